The van der Waals surface area contributed by atoms with Crippen molar-refractivity contribution in [2.45, 2.75) is 25.8 Å². The van der Waals surface area contributed by atoms with Crippen LogP contribution in [-0.4, -0.2) is 29.0 Å². The van der Waals surface area contributed by atoms with E-state index >= 15 is 0 Å². The lowest BCUT2D eigenvalue weighted by atomic mass is 10.0. The summed E-state index contributed by atoms with van der Waals surface area (Å²) in [6.07, 6.45) is 0.216. The predicted molar refractivity (Wildman–Crippen MR) is 109 cm³/mol. The number of amides is 1. The molecule has 0 spiro atoms. The molecule has 0 aromatic heterocycles. The standard InChI is InChI=1S/C23H21NO5/c1-15(25)29-19-11-9-16(10-12-19)13-21(23(27)28)24-22(26)14-18-7-4-6-17-5-2-3-8-20(17)18/h2-12,21H,13-14H2,1H3,(H,24,26)(H,27,28). The molecule has 29 heavy (non-hydrogen) atoms. The zero-order chi connectivity index (χ0) is 20.8. The Kier molecular flexibility index (Phi) is 6.24. The van der Waals surface area contributed by atoms with Crippen LogP contribution in [0, 0.1) is 0 Å². The van der Waals surface area contributed by atoms with Gasteiger partial charge in [-0.1, -0.05) is 54.6 Å². The van der Waals surface area contributed by atoms with E-state index in [4.69, 9.17) is 4.74 Å². The Labute approximate surface area is 168 Å². The second-order valence-electron chi connectivity index (χ2n) is 6.72. The number of aliphatic carboxylic acids is 1. The molecule has 0 radical (unpaired) electrons. The molecule has 1 atom stereocenters. The van der Waals surface area contributed by atoms with E-state index in [0.29, 0.717) is 11.3 Å². The molecular weight excluding hydrogens is 370 g/mol. The van der Waals surface area contributed by atoms with Gasteiger partial charge in [0.1, 0.15) is 11.8 Å². The van der Waals surface area contributed by atoms with Gasteiger partial charge in [0.15, 0.2) is 0 Å². The van der Waals surface area contributed by atoms with Crippen LogP contribution < -0.4 is 10.1 Å². The molecule has 3 aromatic carbocycles. The summed E-state index contributed by atoms with van der Waals surface area (Å²) in [5.41, 5.74) is 1.55. The lowest BCUT2D eigenvalue weighted by Gasteiger charge is -2.15. The Balaban J connectivity index is 1.67. The zero-order valence-corrected chi connectivity index (χ0v) is 15.9. The molecule has 0 saturated carbocycles. The first-order valence-electron chi connectivity index (χ1n) is 9.18. The van der Waals surface area contributed by atoms with Crippen LogP contribution in [0.25, 0.3) is 10.8 Å². The van der Waals surface area contributed by atoms with Crippen LogP contribution >= 0.6 is 0 Å². The van der Waals surface area contributed by atoms with E-state index in [-0.39, 0.29) is 18.7 Å². The van der Waals surface area contributed by atoms with Crippen molar-refractivity contribution >= 4 is 28.6 Å². The van der Waals surface area contributed by atoms with Gasteiger partial charge in [-0.2, -0.15) is 0 Å². The first-order chi connectivity index (χ1) is 13.9. The molecule has 0 aliphatic rings. The van der Waals surface area contributed by atoms with Gasteiger partial charge >= 0.3 is 11.9 Å². The SMILES string of the molecule is CC(=O)Oc1ccc(CC(NC(=O)Cc2cccc3ccccc23)C(=O)O)cc1. The van der Waals surface area contributed by atoms with Crippen LogP contribution in [0.3, 0.4) is 0 Å². The lowest BCUT2D eigenvalue weighted by molar-refractivity contribution is -0.141. The average Bonchev–Trinajstić information content (AvgIpc) is 2.68. The average molecular weight is 391 g/mol. The monoisotopic (exact) mass is 391 g/mol. The minimum atomic E-state index is -1.11. The molecule has 0 fully saturated rings. The summed E-state index contributed by atoms with van der Waals surface area (Å²) in [6.45, 7) is 1.31. The van der Waals surface area contributed by atoms with Crippen LogP contribution in [0.1, 0.15) is 18.1 Å². The van der Waals surface area contributed by atoms with Gasteiger partial charge in [-0.15, -0.1) is 0 Å². The van der Waals surface area contributed by atoms with Crippen molar-refractivity contribution in [1.82, 2.24) is 5.32 Å². The number of rotatable bonds is 7. The zero-order valence-electron chi connectivity index (χ0n) is 15.9. The van der Waals surface area contributed by atoms with Crippen molar-refractivity contribution < 1.29 is 24.2 Å². The van der Waals surface area contributed by atoms with Crippen molar-refractivity contribution in [1.29, 1.82) is 0 Å². The number of benzene rings is 3. The van der Waals surface area contributed by atoms with E-state index in [2.05, 4.69) is 5.32 Å². The largest absolute Gasteiger partial charge is 0.480 e. The first kappa shape index (κ1) is 20.1. The molecule has 0 aliphatic carbocycles. The topological polar surface area (TPSA) is 92.7 Å². The molecule has 3 aromatic rings. The Morgan fingerprint density at radius 3 is 2.34 bits per heavy atom. The van der Waals surface area contributed by atoms with Crippen LogP contribution in [0.4, 0.5) is 0 Å². The fourth-order valence-corrected chi connectivity index (χ4v) is 3.16. The summed E-state index contributed by atoms with van der Waals surface area (Å²) in [5.74, 6) is -1.51. The highest BCUT2D eigenvalue weighted by Crippen LogP contribution is 2.19. The Morgan fingerprint density at radius 1 is 0.966 bits per heavy atom. The van der Waals surface area contributed by atoms with Crippen molar-refractivity contribution in [3.8, 4) is 5.75 Å². The summed E-state index contributed by atoms with van der Waals surface area (Å²) in [5, 5.41) is 14.1. The van der Waals surface area contributed by atoms with Crippen molar-refractivity contribution in [3.05, 3.63) is 77.9 Å². The van der Waals surface area contributed by atoms with E-state index in [1.54, 1.807) is 24.3 Å². The van der Waals surface area contributed by atoms with E-state index in [0.717, 1.165) is 16.3 Å². The molecule has 1 amide bonds. The number of carbonyl (C=O) groups is 3. The molecule has 1 unspecified atom stereocenters. The van der Waals surface area contributed by atoms with Gasteiger partial charge in [0.25, 0.3) is 0 Å². The fraction of sp³-hybridized carbons (Fsp3) is 0.174. The predicted octanol–water partition coefficient (Wildman–Crippen LogP) is 3.12. The number of carboxylic acids is 1. The van der Waals surface area contributed by atoms with E-state index in [1.165, 1.54) is 6.92 Å². The fourth-order valence-electron chi connectivity index (χ4n) is 3.16. The van der Waals surface area contributed by atoms with Gasteiger partial charge in [0.05, 0.1) is 6.42 Å². The van der Waals surface area contributed by atoms with Crippen LogP contribution in [0.15, 0.2) is 66.7 Å². The summed E-state index contributed by atoms with van der Waals surface area (Å²) >= 11 is 0. The maximum absolute atomic E-state index is 12.5. The smallest absolute Gasteiger partial charge is 0.326 e. The Hall–Kier alpha value is -3.67. The van der Waals surface area contributed by atoms with Gasteiger partial charge in [-0.05, 0) is 34.0 Å². The molecule has 3 rings (SSSR count). The number of hydrogen-bond acceptors (Lipinski definition) is 4. The minimum Gasteiger partial charge on any atom is -0.480 e. The van der Waals surface area contributed by atoms with Crippen molar-refractivity contribution in [2.24, 2.45) is 0 Å². The number of hydrogen-bond donors (Lipinski definition) is 2. The van der Waals surface area contributed by atoms with E-state index < -0.39 is 18.0 Å². The number of ether oxygens (including phenoxy) is 1. The van der Waals surface area contributed by atoms with Gasteiger partial charge in [-0.25, -0.2) is 4.79 Å². The molecule has 0 aliphatic heterocycles. The molecular formula is C23H21NO5. The molecule has 0 bridgehead atoms. The molecule has 0 heterocycles. The van der Waals surface area contributed by atoms with Crippen LogP contribution in [0.2, 0.25) is 0 Å². The summed E-state index contributed by atoms with van der Waals surface area (Å²) in [7, 11) is 0. The number of carboxylic acid groups (broad SMARTS) is 1. The van der Waals surface area contributed by atoms with Crippen LogP contribution in [0.5, 0.6) is 5.75 Å². The Morgan fingerprint density at radius 2 is 1.66 bits per heavy atom. The van der Waals surface area contributed by atoms with Gasteiger partial charge < -0.3 is 15.2 Å². The molecule has 2 N–H and O–H groups in total. The van der Waals surface area contributed by atoms with E-state index in [9.17, 15) is 19.5 Å². The quantitative estimate of drug-likeness (QED) is 0.477. The summed E-state index contributed by atoms with van der Waals surface area (Å²) in [4.78, 5) is 35.1. The number of carbonyl (C=O) groups excluding carboxylic acids is 2. The molecule has 6 nitrogen and oxygen atoms in total. The molecule has 148 valence electrons. The minimum absolute atomic E-state index is 0.0938. The van der Waals surface area contributed by atoms with Gasteiger partial charge in [0.2, 0.25) is 5.91 Å². The summed E-state index contributed by atoms with van der Waals surface area (Å²) < 4.78 is 4.96. The Bertz CT molecular complexity index is 1040. The van der Waals surface area contributed by atoms with Gasteiger partial charge in [-0.3, -0.25) is 9.59 Å². The van der Waals surface area contributed by atoms with Crippen molar-refractivity contribution in [2.75, 3.05) is 0 Å². The highest BCUT2D eigenvalue weighted by molar-refractivity contribution is 5.91. The maximum atomic E-state index is 12.5. The second kappa shape index (κ2) is 9.01. The highest BCUT2D eigenvalue weighted by Gasteiger charge is 2.21. The third-order valence-electron chi connectivity index (χ3n) is 4.49. The van der Waals surface area contributed by atoms with Gasteiger partial charge in [0, 0.05) is 13.3 Å². The third kappa shape index (κ3) is 5.42. The number of fused-ring (bicyclic) bond motifs is 1. The summed E-state index contributed by atoms with van der Waals surface area (Å²) in [6, 6.07) is 18.9. The molecule has 0 saturated heterocycles. The normalized spacial score (nSPS) is 11.6. The number of esters is 1. The first-order valence-corrected chi connectivity index (χ1v) is 9.18. The highest BCUT2D eigenvalue weighted by atomic mass is 16.5. The maximum Gasteiger partial charge on any atom is 0.326 e. The van der Waals surface area contributed by atoms with Crippen LogP contribution in [-0.2, 0) is 27.2 Å². The lowest BCUT2D eigenvalue weighted by Crippen LogP contribution is -2.43. The second-order valence-corrected chi connectivity index (χ2v) is 6.72. The third-order valence-corrected chi connectivity index (χ3v) is 4.49. The van der Waals surface area contributed by atoms with Crippen molar-refractivity contribution in [3.63, 3.8) is 0 Å². The number of nitrogens with one attached hydrogen (secondary N) is 1. The van der Waals surface area contributed by atoms with E-state index in [1.807, 2.05) is 42.5 Å². The molecule has 6 heteroatoms.